The van der Waals surface area contributed by atoms with Crippen LogP contribution < -0.4 is 10.7 Å². The molecule has 8 heteroatoms. The summed E-state index contributed by atoms with van der Waals surface area (Å²) in [6, 6.07) is 1.80. The first-order chi connectivity index (χ1) is 7.11. The Hall–Kier alpha value is -1.14. The summed E-state index contributed by atoms with van der Waals surface area (Å²) in [6.07, 6.45) is 3.27. The van der Waals surface area contributed by atoms with E-state index in [2.05, 4.69) is 14.5 Å². The number of rotatable bonds is 3. The third kappa shape index (κ3) is 2.27. The van der Waals surface area contributed by atoms with E-state index in [9.17, 15) is 4.57 Å². The number of hydroxylamine groups is 2. The molecule has 2 heterocycles. The third-order valence-corrected chi connectivity index (χ3v) is 2.73. The van der Waals surface area contributed by atoms with E-state index in [-0.39, 0.29) is 6.67 Å². The molecule has 15 heavy (non-hydrogen) atoms. The average molecular weight is 231 g/mol. The molecule has 0 bridgehead atoms. The van der Waals surface area contributed by atoms with Gasteiger partial charge in [0.15, 0.2) is 0 Å². The van der Waals surface area contributed by atoms with Gasteiger partial charge >= 0.3 is 7.82 Å². The minimum absolute atomic E-state index is 0.152. The Bertz CT molecular complexity index is 511. The molecule has 0 fully saturated rings. The van der Waals surface area contributed by atoms with Gasteiger partial charge in [0, 0.05) is 13.3 Å². The Morgan fingerprint density at radius 1 is 1.73 bits per heavy atom. The second-order valence-corrected chi connectivity index (χ2v) is 4.32. The van der Waals surface area contributed by atoms with Crippen LogP contribution in [0.25, 0.3) is 6.20 Å². The van der Waals surface area contributed by atoms with Gasteiger partial charge in [-0.1, -0.05) is 0 Å². The molecule has 0 aromatic carbocycles. The number of fused-ring (bicyclic) bond motifs is 1. The van der Waals surface area contributed by atoms with Gasteiger partial charge in [-0.2, -0.15) is 4.62 Å². The van der Waals surface area contributed by atoms with Gasteiger partial charge in [-0.15, -0.1) is 0 Å². The number of aromatic nitrogens is 1. The van der Waals surface area contributed by atoms with Gasteiger partial charge in [-0.25, -0.2) is 9.63 Å². The van der Waals surface area contributed by atoms with Crippen LogP contribution >= 0.6 is 7.82 Å². The third-order valence-electron chi connectivity index (χ3n) is 1.85. The zero-order valence-electron chi connectivity index (χ0n) is 7.95. The highest BCUT2D eigenvalue weighted by Crippen LogP contribution is 2.43. The first kappa shape index (κ1) is 10.4. The Balaban J connectivity index is 2.20. The fourth-order valence-corrected chi connectivity index (χ4v) is 1.59. The van der Waals surface area contributed by atoms with Crippen molar-refractivity contribution in [2.45, 2.75) is 0 Å². The average Bonchev–Trinajstić information content (AvgIpc) is 2.64. The highest BCUT2D eigenvalue weighted by Gasteiger charge is 2.23. The molecule has 1 atom stereocenters. The zero-order chi connectivity index (χ0) is 10.9. The van der Waals surface area contributed by atoms with Gasteiger partial charge in [0.05, 0.1) is 16.9 Å². The Morgan fingerprint density at radius 2 is 2.53 bits per heavy atom. The zero-order valence-corrected chi connectivity index (χ0v) is 8.85. The first-order valence-electron chi connectivity index (χ1n) is 4.15. The summed E-state index contributed by atoms with van der Waals surface area (Å²) in [4.78, 5) is 16.1. The second-order valence-electron chi connectivity index (χ2n) is 2.86. The van der Waals surface area contributed by atoms with Gasteiger partial charge in [-0.3, -0.25) is 9.52 Å². The standard InChI is InChI=1S/C7H10N3O4P/c1-13-15(11,12)14-10-4-7-6(9-5-10)2-3-8-7/h2-4,8H,5H2,1H3,(H,11,12). The summed E-state index contributed by atoms with van der Waals surface area (Å²) in [6.45, 7) is 0.152. The largest absolute Gasteiger partial charge is 0.493 e. The molecule has 1 aliphatic rings. The van der Waals surface area contributed by atoms with E-state index in [1.165, 1.54) is 0 Å². The molecule has 0 amide bonds. The van der Waals surface area contributed by atoms with Crippen molar-refractivity contribution >= 4 is 14.0 Å². The van der Waals surface area contributed by atoms with Crippen molar-refractivity contribution < 1.29 is 18.6 Å². The van der Waals surface area contributed by atoms with E-state index >= 15 is 0 Å². The summed E-state index contributed by atoms with van der Waals surface area (Å²) in [5.41, 5.74) is 0. The monoisotopic (exact) mass is 231 g/mol. The van der Waals surface area contributed by atoms with Crippen LogP contribution in [0, 0.1) is 0 Å². The van der Waals surface area contributed by atoms with E-state index in [0.717, 1.165) is 22.9 Å². The predicted octanol–water partition coefficient (Wildman–Crippen LogP) is -0.676. The summed E-state index contributed by atoms with van der Waals surface area (Å²) in [5.74, 6) is 0. The van der Waals surface area contributed by atoms with Gasteiger partial charge in [-0.05, 0) is 6.07 Å². The van der Waals surface area contributed by atoms with Crippen LogP contribution in [0.15, 0.2) is 17.3 Å². The topological polar surface area (TPSA) is 87.2 Å². The molecular formula is C7H10N3O4P. The molecule has 1 aromatic heterocycles. The van der Waals surface area contributed by atoms with Crippen molar-refractivity contribution in [2.75, 3.05) is 13.8 Å². The van der Waals surface area contributed by atoms with Crippen LogP contribution in [0.5, 0.6) is 0 Å². The number of nitrogens with one attached hydrogen (secondary N) is 1. The van der Waals surface area contributed by atoms with Crippen molar-refractivity contribution in [3.8, 4) is 0 Å². The van der Waals surface area contributed by atoms with Crippen LogP contribution in [0.2, 0.25) is 0 Å². The molecule has 2 rings (SSSR count). The van der Waals surface area contributed by atoms with Gasteiger partial charge in [0.1, 0.15) is 6.67 Å². The minimum Gasteiger partial charge on any atom is -0.359 e. The van der Waals surface area contributed by atoms with Crippen LogP contribution in [-0.2, 0) is 13.7 Å². The van der Waals surface area contributed by atoms with E-state index in [1.54, 1.807) is 18.5 Å². The number of hydrogen-bond donors (Lipinski definition) is 2. The molecule has 1 aliphatic heterocycles. The first-order valence-corrected chi connectivity index (χ1v) is 5.65. The van der Waals surface area contributed by atoms with E-state index in [4.69, 9.17) is 9.52 Å². The van der Waals surface area contributed by atoms with Crippen molar-refractivity contribution in [3.05, 3.63) is 23.0 Å². The Kier molecular flexibility index (Phi) is 2.62. The lowest BCUT2D eigenvalue weighted by Crippen LogP contribution is -2.34. The summed E-state index contributed by atoms with van der Waals surface area (Å²) >= 11 is 0. The molecule has 1 aromatic rings. The lowest BCUT2D eigenvalue weighted by Gasteiger charge is -2.20. The molecule has 1 unspecified atom stereocenters. The second kappa shape index (κ2) is 3.79. The molecular weight excluding hydrogens is 221 g/mol. The van der Waals surface area contributed by atoms with Crippen molar-refractivity contribution in [3.63, 3.8) is 0 Å². The molecule has 7 nitrogen and oxygen atoms in total. The maximum atomic E-state index is 11.1. The maximum Gasteiger partial charge on any atom is 0.493 e. The van der Waals surface area contributed by atoms with Crippen molar-refractivity contribution in [2.24, 2.45) is 4.99 Å². The smallest absolute Gasteiger partial charge is 0.359 e. The summed E-state index contributed by atoms with van der Waals surface area (Å²) in [5, 5.41) is 2.65. The summed E-state index contributed by atoms with van der Waals surface area (Å²) in [7, 11) is -2.92. The van der Waals surface area contributed by atoms with Crippen molar-refractivity contribution in [1.29, 1.82) is 0 Å². The Labute approximate surface area is 85.2 Å². The number of nitrogens with zero attached hydrogens (tertiary/aromatic N) is 2. The number of hydrogen-bond acceptors (Lipinski definition) is 5. The molecule has 82 valence electrons. The molecule has 0 saturated carbocycles. The Morgan fingerprint density at radius 3 is 3.27 bits per heavy atom. The summed E-state index contributed by atoms with van der Waals surface area (Å²) < 4.78 is 20.1. The molecule has 2 N–H and O–H groups in total. The normalized spacial score (nSPS) is 18.7. The SMILES string of the molecule is COP(=O)(O)ON1C=c2[nH]ccc2=NC1. The van der Waals surface area contributed by atoms with Gasteiger partial charge in [0.2, 0.25) is 0 Å². The van der Waals surface area contributed by atoms with Crippen LogP contribution in [-0.4, -0.2) is 28.7 Å². The lowest BCUT2D eigenvalue weighted by molar-refractivity contribution is -0.0231. The van der Waals surface area contributed by atoms with E-state index < -0.39 is 7.82 Å². The number of phosphoric ester groups is 1. The number of aromatic amines is 1. The van der Waals surface area contributed by atoms with Crippen LogP contribution in [0.4, 0.5) is 0 Å². The maximum absolute atomic E-state index is 11.1. The number of phosphoric acid groups is 1. The molecule has 0 spiro atoms. The fourth-order valence-electron chi connectivity index (χ4n) is 1.16. The predicted molar refractivity (Wildman–Crippen MR) is 50.7 cm³/mol. The number of H-pyrrole nitrogens is 1. The van der Waals surface area contributed by atoms with E-state index in [1.807, 2.05) is 0 Å². The highest BCUT2D eigenvalue weighted by atomic mass is 31.2. The van der Waals surface area contributed by atoms with Crippen LogP contribution in [0.3, 0.4) is 0 Å². The van der Waals surface area contributed by atoms with E-state index in [0.29, 0.717) is 0 Å². The molecule has 0 aliphatic carbocycles. The van der Waals surface area contributed by atoms with Crippen LogP contribution in [0.1, 0.15) is 0 Å². The minimum atomic E-state index is -4.01. The molecule has 0 radical (unpaired) electrons. The van der Waals surface area contributed by atoms with Crippen molar-refractivity contribution in [1.82, 2.24) is 10.0 Å². The van der Waals surface area contributed by atoms with Gasteiger partial charge in [0.25, 0.3) is 0 Å². The van der Waals surface area contributed by atoms with Gasteiger partial charge < -0.3 is 9.88 Å². The quantitative estimate of drug-likeness (QED) is 0.673. The lowest BCUT2D eigenvalue weighted by atomic mass is 10.5. The fraction of sp³-hybridized carbons (Fsp3) is 0.286. The molecule has 0 saturated heterocycles. The highest BCUT2D eigenvalue weighted by molar-refractivity contribution is 7.47.